The first-order valence-corrected chi connectivity index (χ1v) is 8.95. The van der Waals surface area contributed by atoms with Gasteiger partial charge in [-0.2, -0.15) is 0 Å². The molecule has 26 heavy (non-hydrogen) atoms. The highest BCUT2D eigenvalue weighted by Gasteiger charge is 2.27. The molecule has 1 aliphatic carbocycles. The summed E-state index contributed by atoms with van der Waals surface area (Å²) < 4.78 is 0. The van der Waals surface area contributed by atoms with Gasteiger partial charge < -0.3 is 15.2 Å². The summed E-state index contributed by atoms with van der Waals surface area (Å²) in [6, 6.07) is 7.06. The van der Waals surface area contributed by atoms with Crippen molar-refractivity contribution >= 4 is 22.8 Å². The quantitative estimate of drug-likeness (QED) is 0.821. The van der Waals surface area contributed by atoms with E-state index in [1.165, 1.54) is 4.90 Å². The number of aromatic amines is 1. The fourth-order valence-electron chi connectivity index (χ4n) is 3.39. The second-order valence-corrected chi connectivity index (χ2v) is 7.16. The van der Waals surface area contributed by atoms with Gasteiger partial charge in [-0.15, -0.1) is 0 Å². The number of nitrogens with zero attached hydrogens (tertiary/aromatic N) is 2. The summed E-state index contributed by atoms with van der Waals surface area (Å²) >= 11 is 0. The molecule has 2 amide bonds. The van der Waals surface area contributed by atoms with E-state index < -0.39 is 11.5 Å². The number of nitrogens with one attached hydrogen (secondary N) is 2. The zero-order valence-electron chi connectivity index (χ0n) is 15.1. The number of carbonyl (C=O) groups is 2. The van der Waals surface area contributed by atoms with Gasteiger partial charge in [-0.25, -0.2) is 4.98 Å². The van der Waals surface area contributed by atoms with Gasteiger partial charge >= 0.3 is 0 Å². The number of rotatable bonds is 6. The lowest BCUT2D eigenvalue weighted by Gasteiger charge is -2.32. The topological polar surface area (TPSA) is 95.2 Å². The van der Waals surface area contributed by atoms with Crippen molar-refractivity contribution in [2.45, 2.75) is 26.2 Å². The number of likely N-dealkylation sites (N-methyl/N-ethyl adjacent to an activating group) is 1. The second kappa shape index (κ2) is 7.68. The van der Waals surface area contributed by atoms with Crippen LogP contribution in [0, 0.1) is 11.8 Å². The normalized spacial score (nSPS) is 19.0. The molecule has 1 aromatic carbocycles. The van der Waals surface area contributed by atoms with E-state index >= 15 is 0 Å². The van der Waals surface area contributed by atoms with Crippen molar-refractivity contribution < 1.29 is 9.59 Å². The number of H-pyrrole nitrogens is 1. The smallest absolute Gasteiger partial charge is 0.280 e. The number of benzene rings is 1. The Morgan fingerprint density at radius 1 is 1.31 bits per heavy atom. The number of hydrogen-bond donors (Lipinski definition) is 2. The van der Waals surface area contributed by atoms with Crippen LogP contribution in [0.25, 0.3) is 11.0 Å². The molecule has 0 aliphatic heterocycles. The van der Waals surface area contributed by atoms with Crippen molar-refractivity contribution in [3.63, 3.8) is 0 Å². The van der Waals surface area contributed by atoms with Gasteiger partial charge in [0.05, 0.1) is 11.0 Å². The van der Waals surface area contributed by atoms with Gasteiger partial charge in [-0.3, -0.25) is 14.4 Å². The molecule has 2 N–H and O–H groups in total. The average molecular weight is 356 g/mol. The Hall–Kier alpha value is -2.70. The largest absolute Gasteiger partial charge is 0.354 e. The monoisotopic (exact) mass is 356 g/mol. The van der Waals surface area contributed by atoms with E-state index in [1.54, 1.807) is 31.3 Å². The Balaban J connectivity index is 1.53. The molecule has 0 radical (unpaired) electrons. The fraction of sp³-hybridized carbons (Fsp3) is 0.474. The van der Waals surface area contributed by atoms with Gasteiger partial charge in [0, 0.05) is 26.6 Å². The van der Waals surface area contributed by atoms with E-state index in [0.29, 0.717) is 36.5 Å². The maximum Gasteiger partial charge on any atom is 0.280 e. The Morgan fingerprint density at radius 2 is 2.04 bits per heavy atom. The van der Waals surface area contributed by atoms with Crippen LogP contribution in [0.4, 0.5) is 0 Å². The number of amides is 2. The minimum atomic E-state index is -0.510. The van der Waals surface area contributed by atoms with Crippen LogP contribution in [-0.4, -0.2) is 46.8 Å². The summed E-state index contributed by atoms with van der Waals surface area (Å²) in [6.45, 7) is 2.87. The molecule has 1 fully saturated rings. The van der Waals surface area contributed by atoms with Crippen molar-refractivity contribution in [2.24, 2.45) is 11.8 Å². The summed E-state index contributed by atoms with van der Waals surface area (Å²) in [7, 11) is 1.60. The van der Waals surface area contributed by atoms with Crippen LogP contribution < -0.4 is 10.9 Å². The fourth-order valence-corrected chi connectivity index (χ4v) is 3.39. The lowest BCUT2D eigenvalue weighted by molar-refractivity contribution is -0.122. The molecule has 7 nitrogen and oxygen atoms in total. The van der Waals surface area contributed by atoms with Crippen LogP contribution >= 0.6 is 0 Å². The molecule has 1 aliphatic rings. The molecular weight excluding hydrogens is 332 g/mol. The molecule has 1 saturated carbocycles. The second-order valence-electron chi connectivity index (χ2n) is 7.16. The summed E-state index contributed by atoms with van der Waals surface area (Å²) in [5.41, 5.74) is 0.505. The first-order chi connectivity index (χ1) is 12.4. The van der Waals surface area contributed by atoms with Crippen molar-refractivity contribution in [3.8, 4) is 0 Å². The number of para-hydroxylation sites is 2. The van der Waals surface area contributed by atoms with Crippen molar-refractivity contribution in [3.05, 3.63) is 40.3 Å². The number of hydrogen-bond acceptors (Lipinski definition) is 4. The average Bonchev–Trinajstić information content (AvgIpc) is 2.59. The summed E-state index contributed by atoms with van der Waals surface area (Å²) in [5.74, 6) is 0.775. The molecular formula is C19H24N4O3. The van der Waals surface area contributed by atoms with Gasteiger partial charge in [0.1, 0.15) is 0 Å². The summed E-state index contributed by atoms with van der Waals surface area (Å²) in [6.07, 6.45) is 2.78. The minimum Gasteiger partial charge on any atom is -0.354 e. The Labute approximate surface area is 151 Å². The van der Waals surface area contributed by atoms with Crippen LogP contribution in [0.3, 0.4) is 0 Å². The van der Waals surface area contributed by atoms with Gasteiger partial charge in [0.2, 0.25) is 5.91 Å². The van der Waals surface area contributed by atoms with E-state index in [4.69, 9.17) is 0 Å². The van der Waals surface area contributed by atoms with Crippen molar-refractivity contribution in [2.75, 3.05) is 20.1 Å². The predicted octanol–water partition coefficient (Wildman–Crippen LogP) is 1.55. The molecule has 2 aromatic rings. The van der Waals surface area contributed by atoms with Gasteiger partial charge in [-0.1, -0.05) is 19.1 Å². The van der Waals surface area contributed by atoms with Crippen LogP contribution in [0.15, 0.2) is 29.1 Å². The van der Waals surface area contributed by atoms with Crippen molar-refractivity contribution in [1.82, 2.24) is 20.2 Å². The Morgan fingerprint density at radius 3 is 2.77 bits per heavy atom. The lowest BCUT2D eigenvalue weighted by Crippen LogP contribution is -2.39. The SMILES string of the molecule is CC1CC(CC(=O)NCCN(C)C(=O)c2nc3ccccc3[nH]c2=O)C1. The molecule has 0 unspecified atom stereocenters. The molecule has 7 heteroatoms. The molecule has 0 saturated heterocycles. The number of aromatic nitrogens is 2. The highest BCUT2D eigenvalue weighted by molar-refractivity contribution is 5.93. The van der Waals surface area contributed by atoms with Crippen LogP contribution in [0.5, 0.6) is 0 Å². The van der Waals surface area contributed by atoms with Crippen LogP contribution in [0.2, 0.25) is 0 Å². The molecule has 3 rings (SSSR count). The molecule has 1 heterocycles. The molecule has 1 aromatic heterocycles. The lowest BCUT2D eigenvalue weighted by atomic mass is 9.74. The highest BCUT2D eigenvalue weighted by Crippen LogP contribution is 2.35. The highest BCUT2D eigenvalue weighted by atomic mass is 16.2. The summed E-state index contributed by atoms with van der Waals surface area (Å²) in [4.78, 5) is 44.7. The number of fused-ring (bicyclic) bond motifs is 1. The Kier molecular flexibility index (Phi) is 5.35. The predicted molar refractivity (Wildman–Crippen MR) is 98.8 cm³/mol. The number of carbonyl (C=O) groups excluding carboxylic acids is 2. The molecule has 0 bridgehead atoms. The maximum atomic E-state index is 12.5. The summed E-state index contributed by atoms with van der Waals surface area (Å²) in [5, 5.41) is 2.84. The van der Waals surface area contributed by atoms with Gasteiger partial charge in [0.25, 0.3) is 11.5 Å². The van der Waals surface area contributed by atoms with E-state index in [0.717, 1.165) is 18.8 Å². The van der Waals surface area contributed by atoms with E-state index in [2.05, 4.69) is 22.2 Å². The maximum absolute atomic E-state index is 12.5. The van der Waals surface area contributed by atoms with Crippen LogP contribution in [-0.2, 0) is 4.79 Å². The third kappa shape index (κ3) is 4.09. The van der Waals surface area contributed by atoms with E-state index in [-0.39, 0.29) is 11.6 Å². The zero-order chi connectivity index (χ0) is 18.7. The van der Waals surface area contributed by atoms with Gasteiger partial charge in [-0.05, 0) is 36.8 Å². The first kappa shape index (κ1) is 18.1. The third-order valence-corrected chi connectivity index (χ3v) is 4.86. The Bertz CT molecular complexity index is 870. The van der Waals surface area contributed by atoms with Gasteiger partial charge in [0.15, 0.2) is 5.69 Å². The molecule has 138 valence electrons. The molecule has 0 atom stereocenters. The molecule has 0 spiro atoms. The minimum absolute atomic E-state index is 0.0180. The van der Waals surface area contributed by atoms with Crippen molar-refractivity contribution in [1.29, 1.82) is 0 Å². The third-order valence-electron chi connectivity index (χ3n) is 4.86. The van der Waals surface area contributed by atoms with Crippen LogP contribution in [0.1, 0.15) is 36.7 Å². The van der Waals surface area contributed by atoms with E-state index in [1.807, 2.05) is 0 Å². The zero-order valence-corrected chi connectivity index (χ0v) is 15.1. The first-order valence-electron chi connectivity index (χ1n) is 8.95. The van der Waals surface area contributed by atoms with E-state index in [9.17, 15) is 14.4 Å². The standard InChI is InChI=1S/C19H24N4O3/c1-12-9-13(10-12)11-16(24)20-7-8-23(2)19(26)17-18(25)22-15-6-4-3-5-14(15)21-17/h3-6,12-13H,7-11H2,1-2H3,(H,20,24)(H,22,25).